The van der Waals surface area contributed by atoms with Gasteiger partial charge in [0.05, 0.1) is 12.3 Å². The van der Waals surface area contributed by atoms with Crippen molar-refractivity contribution in [3.8, 4) is 11.1 Å². The summed E-state index contributed by atoms with van der Waals surface area (Å²) in [4.78, 5) is 21.2. The maximum absolute atomic E-state index is 14.2. The molecule has 7 rings (SSSR count). The summed E-state index contributed by atoms with van der Waals surface area (Å²) in [5, 5.41) is 4.57. The van der Waals surface area contributed by atoms with Gasteiger partial charge in [0.25, 0.3) is 0 Å². The van der Waals surface area contributed by atoms with Gasteiger partial charge >= 0.3 is 0 Å². The molecule has 0 radical (unpaired) electrons. The SMILES string of the molecule is COC1CCC(C23CCC(CN(C(=O)C4CCCCC4)c4cc(-c5cnn(C(C)C)c5)ccn4)(CC2)CC3)CC1C. The van der Waals surface area contributed by atoms with E-state index in [9.17, 15) is 4.79 Å². The minimum absolute atomic E-state index is 0.137. The van der Waals surface area contributed by atoms with Gasteiger partial charge in [0.2, 0.25) is 5.91 Å². The molecule has 5 saturated carbocycles. The molecule has 0 N–H and O–H groups in total. The van der Waals surface area contributed by atoms with Crippen molar-refractivity contribution in [3.63, 3.8) is 0 Å². The molecule has 5 aliphatic carbocycles. The normalized spacial score (nSPS) is 32.4. The maximum Gasteiger partial charge on any atom is 0.231 e. The molecule has 2 heterocycles. The van der Waals surface area contributed by atoms with Gasteiger partial charge in [-0.1, -0.05) is 26.2 Å². The number of amides is 1. The second kappa shape index (κ2) is 11.8. The van der Waals surface area contributed by atoms with Crippen molar-refractivity contribution in [1.29, 1.82) is 0 Å². The van der Waals surface area contributed by atoms with E-state index >= 15 is 0 Å². The first-order chi connectivity index (χ1) is 19.8. The lowest BCUT2D eigenvalue weighted by molar-refractivity contribution is -0.124. The number of pyridine rings is 1. The number of ether oxygens (including phenoxy) is 1. The third-order valence-corrected chi connectivity index (χ3v) is 11.9. The van der Waals surface area contributed by atoms with Crippen LogP contribution in [-0.2, 0) is 9.53 Å². The molecule has 0 aromatic carbocycles. The van der Waals surface area contributed by atoms with E-state index < -0.39 is 0 Å². The maximum atomic E-state index is 14.2. The molecule has 2 aromatic heterocycles. The second-order valence-corrected chi connectivity index (χ2v) is 14.6. The summed E-state index contributed by atoms with van der Waals surface area (Å²) >= 11 is 0. The Bertz CT molecular complexity index is 1170. The fraction of sp³-hybridized carbons (Fsp3) is 0.743. The molecule has 5 aliphatic rings. The molecule has 0 aliphatic heterocycles. The Morgan fingerprint density at radius 3 is 2.41 bits per heavy atom. The Morgan fingerprint density at radius 2 is 1.78 bits per heavy atom. The molecule has 2 aromatic rings. The monoisotopic (exact) mass is 560 g/mol. The Hall–Kier alpha value is -2.21. The van der Waals surface area contributed by atoms with E-state index in [1.165, 1.54) is 77.0 Å². The zero-order chi connectivity index (χ0) is 28.6. The number of fused-ring (bicyclic) bond motifs is 3. The third kappa shape index (κ3) is 5.75. The highest BCUT2D eigenvalue weighted by molar-refractivity contribution is 5.94. The van der Waals surface area contributed by atoms with Crippen LogP contribution in [0.1, 0.15) is 117 Å². The summed E-state index contributed by atoms with van der Waals surface area (Å²) in [5.74, 6) is 2.79. The molecular weight excluding hydrogens is 508 g/mol. The first-order valence-corrected chi connectivity index (χ1v) is 16.7. The largest absolute Gasteiger partial charge is 0.381 e. The average molecular weight is 561 g/mol. The second-order valence-electron chi connectivity index (χ2n) is 14.6. The molecule has 41 heavy (non-hydrogen) atoms. The lowest BCUT2D eigenvalue weighted by Crippen LogP contribution is -2.53. The van der Waals surface area contributed by atoms with E-state index in [2.05, 4.69) is 49.1 Å². The average Bonchev–Trinajstić information content (AvgIpc) is 3.52. The van der Waals surface area contributed by atoms with Gasteiger partial charge in [-0.3, -0.25) is 14.4 Å². The van der Waals surface area contributed by atoms with Crippen molar-refractivity contribution in [2.75, 3.05) is 18.6 Å². The molecule has 2 bridgehead atoms. The van der Waals surface area contributed by atoms with Crippen LogP contribution in [0.5, 0.6) is 0 Å². The van der Waals surface area contributed by atoms with Gasteiger partial charge in [0.15, 0.2) is 0 Å². The van der Waals surface area contributed by atoms with Crippen LogP contribution in [0.15, 0.2) is 30.7 Å². The number of carbonyl (C=O) groups excluding carboxylic acids is 1. The van der Waals surface area contributed by atoms with E-state index in [-0.39, 0.29) is 11.3 Å². The van der Waals surface area contributed by atoms with E-state index in [4.69, 9.17) is 9.72 Å². The molecule has 0 spiro atoms. The number of hydrogen-bond donors (Lipinski definition) is 0. The van der Waals surface area contributed by atoms with E-state index in [0.29, 0.717) is 29.4 Å². The van der Waals surface area contributed by atoms with Crippen LogP contribution in [0.25, 0.3) is 11.1 Å². The molecular formula is C35H52N4O2. The van der Waals surface area contributed by atoms with Gasteiger partial charge in [-0.15, -0.1) is 0 Å². The zero-order valence-corrected chi connectivity index (χ0v) is 26.0. The van der Waals surface area contributed by atoms with Crippen LogP contribution >= 0.6 is 0 Å². The zero-order valence-electron chi connectivity index (χ0n) is 26.0. The highest BCUT2D eigenvalue weighted by Crippen LogP contribution is 2.62. The van der Waals surface area contributed by atoms with Crippen molar-refractivity contribution in [3.05, 3.63) is 30.7 Å². The van der Waals surface area contributed by atoms with Crippen LogP contribution in [-0.4, -0.2) is 40.4 Å². The molecule has 1 amide bonds. The van der Waals surface area contributed by atoms with Gasteiger partial charge in [-0.25, -0.2) is 4.98 Å². The molecule has 3 atom stereocenters. The Morgan fingerprint density at radius 1 is 1.05 bits per heavy atom. The third-order valence-electron chi connectivity index (χ3n) is 11.9. The molecule has 6 heteroatoms. The van der Waals surface area contributed by atoms with Gasteiger partial charge in [-0.05, 0) is 125 Å². The van der Waals surface area contributed by atoms with Crippen molar-refractivity contribution in [1.82, 2.24) is 14.8 Å². The van der Waals surface area contributed by atoms with Gasteiger partial charge in [0, 0.05) is 43.6 Å². The lowest BCUT2D eigenvalue weighted by atomic mass is 9.48. The summed E-state index contributed by atoms with van der Waals surface area (Å²) < 4.78 is 7.79. The van der Waals surface area contributed by atoms with Crippen LogP contribution < -0.4 is 4.90 Å². The van der Waals surface area contributed by atoms with Gasteiger partial charge in [-0.2, -0.15) is 5.10 Å². The summed E-state index contributed by atoms with van der Waals surface area (Å²) in [7, 11) is 1.89. The first kappa shape index (κ1) is 28.9. The topological polar surface area (TPSA) is 60.2 Å². The summed E-state index contributed by atoms with van der Waals surface area (Å²) in [6.07, 6.45) is 23.6. The standard InChI is InChI=1S/C35H52N4O2/c1-25(2)39-23-29(22-37-39)28-12-19-36-32(21-28)38(33(40)27-8-6-5-7-9-27)24-34-13-16-35(17-14-34,18-15-34)30-10-11-31(41-4)26(3)20-30/h12,19,21-23,25-27,30-31H,5-11,13-18,20,24H2,1-4H3. The van der Waals surface area contributed by atoms with Crippen LogP contribution in [0.2, 0.25) is 0 Å². The highest BCUT2D eigenvalue weighted by Gasteiger charge is 2.53. The predicted octanol–water partition coefficient (Wildman–Crippen LogP) is 8.23. The number of hydrogen-bond acceptors (Lipinski definition) is 4. The summed E-state index contributed by atoms with van der Waals surface area (Å²) in [5.41, 5.74) is 2.92. The predicted molar refractivity (Wildman–Crippen MR) is 165 cm³/mol. The van der Waals surface area contributed by atoms with E-state index in [0.717, 1.165) is 42.2 Å². The minimum atomic E-state index is 0.137. The van der Waals surface area contributed by atoms with Gasteiger partial charge < -0.3 is 4.74 Å². The van der Waals surface area contributed by atoms with Crippen LogP contribution in [0, 0.1) is 28.6 Å². The number of anilines is 1. The first-order valence-electron chi connectivity index (χ1n) is 16.7. The Kier molecular flexibility index (Phi) is 8.33. The Labute approximate surface area is 247 Å². The Balaban J connectivity index is 1.22. The molecule has 224 valence electrons. The fourth-order valence-corrected chi connectivity index (χ4v) is 9.11. The van der Waals surface area contributed by atoms with Crippen molar-refractivity contribution < 1.29 is 9.53 Å². The highest BCUT2D eigenvalue weighted by atomic mass is 16.5. The molecule has 5 fully saturated rings. The van der Waals surface area contributed by atoms with Crippen molar-refractivity contribution in [2.24, 2.45) is 28.6 Å². The number of methoxy groups -OCH3 is 1. The molecule has 6 nitrogen and oxygen atoms in total. The molecule has 0 saturated heterocycles. The molecule has 3 unspecified atom stereocenters. The minimum Gasteiger partial charge on any atom is -0.381 e. The smallest absolute Gasteiger partial charge is 0.231 e. The summed E-state index contributed by atoms with van der Waals surface area (Å²) in [6.45, 7) is 7.52. The van der Waals surface area contributed by atoms with E-state index in [1.807, 2.05) is 24.2 Å². The van der Waals surface area contributed by atoms with Crippen LogP contribution in [0.3, 0.4) is 0 Å². The number of rotatable bonds is 8. The van der Waals surface area contributed by atoms with Crippen LogP contribution in [0.4, 0.5) is 5.82 Å². The lowest BCUT2D eigenvalue weighted by Gasteiger charge is -2.58. The van der Waals surface area contributed by atoms with Gasteiger partial charge in [0.1, 0.15) is 5.82 Å². The van der Waals surface area contributed by atoms with Crippen molar-refractivity contribution >= 4 is 11.7 Å². The van der Waals surface area contributed by atoms with E-state index in [1.54, 1.807) is 0 Å². The van der Waals surface area contributed by atoms with Crippen molar-refractivity contribution in [2.45, 2.75) is 123 Å². The number of carbonyl (C=O) groups is 1. The number of aromatic nitrogens is 3. The fourth-order valence-electron chi connectivity index (χ4n) is 9.11. The summed E-state index contributed by atoms with van der Waals surface area (Å²) in [6, 6.07) is 4.52. The number of nitrogens with zero attached hydrogens (tertiary/aromatic N) is 4. The quantitative estimate of drug-likeness (QED) is 0.326.